The van der Waals surface area contributed by atoms with Crippen LogP contribution in [-0.4, -0.2) is 114 Å². The summed E-state index contributed by atoms with van der Waals surface area (Å²) in [5.74, 6) is -2.84. The fourth-order valence-electron chi connectivity index (χ4n) is 7.62. The fourth-order valence-corrected chi connectivity index (χ4v) is 11.6. The molecule has 2 heterocycles. The van der Waals surface area contributed by atoms with Crippen LogP contribution in [0.15, 0.2) is 77.8 Å². The first-order chi connectivity index (χ1) is 34.5. The van der Waals surface area contributed by atoms with Crippen molar-refractivity contribution in [2.75, 3.05) is 13.1 Å². The van der Waals surface area contributed by atoms with Gasteiger partial charge < -0.3 is 37.4 Å². The molecule has 5 rings (SSSR count). The number of nitro groups is 3. The number of β-lactam (4-membered cyclic amide) rings is 1. The quantitative estimate of drug-likeness (QED) is 0.0133. The number of ether oxygens (including phenoxy) is 4. The summed E-state index contributed by atoms with van der Waals surface area (Å²) in [6.07, 6.45) is -5.31. The van der Waals surface area contributed by atoms with Crippen molar-refractivity contribution < 1.29 is 71.3 Å². The summed E-state index contributed by atoms with van der Waals surface area (Å²) in [4.78, 5) is 108. The van der Waals surface area contributed by atoms with E-state index < -0.39 is 106 Å². The first-order valence-electron chi connectivity index (χ1n) is 23.0. The Labute approximate surface area is 424 Å². The normalized spacial score (nSPS) is 17.3. The van der Waals surface area contributed by atoms with E-state index in [2.05, 4.69) is 4.99 Å². The van der Waals surface area contributed by atoms with Crippen LogP contribution in [0.25, 0.3) is 0 Å². The van der Waals surface area contributed by atoms with E-state index in [1.807, 2.05) is 0 Å². The molecule has 394 valence electrons. The fraction of sp³-hybridized carbons (Fsp3) is 0.468. The zero-order chi connectivity index (χ0) is 53.7. The summed E-state index contributed by atoms with van der Waals surface area (Å²) < 4.78 is 41.2. The molecule has 3 aromatic carbocycles. The lowest BCUT2D eigenvalue weighted by Gasteiger charge is -2.50. The van der Waals surface area contributed by atoms with Gasteiger partial charge in [-0.05, 0) is 115 Å². The van der Waals surface area contributed by atoms with Gasteiger partial charge in [0.15, 0.2) is 5.12 Å². The molecule has 0 bridgehead atoms. The van der Waals surface area contributed by atoms with Gasteiger partial charge in [0.05, 0.1) is 45.0 Å². The zero-order valence-electron chi connectivity index (χ0n) is 41.3. The number of amides is 2. The van der Waals surface area contributed by atoms with Gasteiger partial charge in [-0.1, -0.05) is 11.8 Å². The van der Waals surface area contributed by atoms with E-state index in [9.17, 15) is 54.3 Å². The van der Waals surface area contributed by atoms with Gasteiger partial charge in [-0.3, -0.25) is 44.8 Å². The van der Waals surface area contributed by atoms with Gasteiger partial charge >= 0.3 is 18.2 Å². The number of nitrogens with zero attached hydrogens (tertiary/aromatic N) is 6. The second-order valence-electron chi connectivity index (χ2n) is 17.6. The summed E-state index contributed by atoms with van der Waals surface area (Å²) in [5.41, 5.74) is 0.318. The standard InChI is InChI=1S/C47H57N6O18PS/c1-28(2)69-72(70-29(3)4,71-30(5)6)44(45(56)65-25-33-9-15-36(16-10-33)51(59)60)50-40(42(43(50)55)31(7)68-47(58)67-27-35-13-19-38(20-14-35)53(63)64)23-41(54)73-39-21-22-49(24-39)32(8)48-46(57)66-26-34-11-17-37(18-12-34)52(61)62/h9-20,28-31,39-40,42H,21-27H2,1-8H3/t31-,39-,40-,42-/m1/s1. The first-order valence-corrected chi connectivity index (χ1v) is 25.4. The minimum Gasteiger partial charge on any atom is -0.456 e. The first kappa shape index (κ1) is 57.1. The van der Waals surface area contributed by atoms with E-state index in [0.29, 0.717) is 35.5 Å². The number of likely N-dealkylation sites (tertiary alicyclic amines) is 2. The lowest BCUT2D eigenvalue weighted by molar-refractivity contribution is -0.385. The Balaban J connectivity index is 1.43. The van der Waals surface area contributed by atoms with E-state index in [1.54, 1.807) is 53.4 Å². The summed E-state index contributed by atoms with van der Waals surface area (Å²) in [6.45, 7) is 12.8. The van der Waals surface area contributed by atoms with Crippen LogP contribution < -0.4 is 0 Å². The van der Waals surface area contributed by atoms with Gasteiger partial charge in [0, 0.05) is 61.2 Å². The Morgan fingerprint density at radius 2 is 1.14 bits per heavy atom. The molecular weight excluding hydrogens is 1000 g/mol. The average Bonchev–Trinajstić information content (AvgIpc) is 3.79. The molecule has 0 spiro atoms. The minimum atomic E-state index is -4.16. The van der Waals surface area contributed by atoms with Gasteiger partial charge in [0.25, 0.3) is 24.6 Å². The van der Waals surface area contributed by atoms with Crippen LogP contribution in [0.3, 0.4) is 0 Å². The number of benzene rings is 3. The molecule has 26 heteroatoms. The Morgan fingerprint density at radius 3 is 1.58 bits per heavy atom. The van der Waals surface area contributed by atoms with Crippen LogP contribution >= 0.6 is 19.3 Å². The van der Waals surface area contributed by atoms with Crippen LogP contribution in [-0.2, 0) is 66.7 Å². The van der Waals surface area contributed by atoms with Crippen molar-refractivity contribution in [2.24, 2.45) is 10.9 Å². The van der Waals surface area contributed by atoms with Gasteiger partial charge in [0.1, 0.15) is 31.8 Å². The zero-order valence-corrected chi connectivity index (χ0v) is 43.0. The highest BCUT2D eigenvalue weighted by Crippen LogP contribution is 2.58. The second-order valence-corrected chi connectivity index (χ2v) is 21.0. The lowest BCUT2D eigenvalue weighted by Crippen LogP contribution is -2.68. The van der Waals surface area contributed by atoms with Crippen LogP contribution in [0.2, 0.25) is 0 Å². The van der Waals surface area contributed by atoms with Gasteiger partial charge in [0.2, 0.25) is 11.3 Å². The number of nitro benzene ring substituents is 3. The van der Waals surface area contributed by atoms with Crippen molar-refractivity contribution in [3.8, 4) is 0 Å². The molecular formula is C47H57N6O18PS. The number of esters is 1. The number of non-ortho nitro benzene ring substituents is 3. The number of rotatable bonds is 22. The smallest absolute Gasteiger partial charge is 0.456 e. The molecule has 2 fully saturated rings. The summed E-state index contributed by atoms with van der Waals surface area (Å²) in [6, 6.07) is 14.8. The predicted octanol–water partition coefficient (Wildman–Crippen LogP) is 8.67. The number of carbonyl (C=O) groups is 5. The molecule has 73 heavy (non-hydrogen) atoms. The van der Waals surface area contributed by atoms with Crippen molar-refractivity contribution in [2.45, 2.75) is 124 Å². The largest absolute Gasteiger partial charge is 0.508 e. The molecule has 0 aliphatic carbocycles. The molecule has 24 nitrogen and oxygen atoms in total. The van der Waals surface area contributed by atoms with Gasteiger partial charge in [-0.2, -0.15) is 4.99 Å². The van der Waals surface area contributed by atoms with Crippen LogP contribution in [0.5, 0.6) is 0 Å². The van der Waals surface area contributed by atoms with Crippen molar-refractivity contribution in [3.63, 3.8) is 0 Å². The molecule has 3 aromatic rings. The average molecular weight is 1060 g/mol. The Bertz CT molecular complexity index is 2580. The molecule has 2 saturated heterocycles. The number of aliphatic imine (C=N–C) groups is 1. The SMILES string of the molecule is CC(=NC(=O)OCc1ccc([N+](=O)[O-])cc1)N1CC[C@@H](SC(=O)C[C@@H]2[C@@H]([C@@H](C)OC(=O)OCc3ccc([N+](=O)[O-])cc3)C(=O)N2C(C(=O)OCc2ccc([N+](=O)[O-])cc2)=P(OC(C)C)(OC(C)C)OC(C)C)C1. The third-order valence-electron chi connectivity index (χ3n) is 10.8. The van der Waals surface area contributed by atoms with Crippen LogP contribution in [0.4, 0.5) is 26.7 Å². The Morgan fingerprint density at radius 1 is 0.699 bits per heavy atom. The number of hydrogen-bond acceptors (Lipinski definition) is 19. The maximum Gasteiger partial charge on any atom is 0.508 e. The molecule has 0 aromatic heterocycles. The third kappa shape index (κ3) is 15.9. The minimum absolute atomic E-state index is 0.114. The summed E-state index contributed by atoms with van der Waals surface area (Å²) >= 11 is 0.975. The van der Waals surface area contributed by atoms with Crippen LogP contribution in [0.1, 0.15) is 84.9 Å². The third-order valence-corrected chi connectivity index (χ3v) is 15.0. The highest BCUT2D eigenvalue weighted by atomic mass is 32.2. The van der Waals surface area contributed by atoms with Crippen molar-refractivity contribution >= 4 is 76.9 Å². The van der Waals surface area contributed by atoms with E-state index in [0.717, 1.165) is 16.7 Å². The highest BCUT2D eigenvalue weighted by Gasteiger charge is 2.58. The van der Waals surface area contributed by atoms with Crippen LogP contribution in [0, 0.1) is 36.3 Å². The van der Waals surface area contributed by atoms with Crippen molar-refractivity contribution in [3.05, 3.63) is 120 Å². The Hall–Kier alpha value is -6.79. The topological polar surface area (TPSA) is 298 Å². The van der Waals surface area contributed by atoms with E-state index in [4.69, 9.17) is 32.5 Å². The molecule has 2 aliphatic heterocycles. The summed E-state index contributed by atoms with van der Waals surface area (Å²) in [7, 11) is -4.16. The van der Waals surface area contributed by atoms with Gasteiger partial charge in [-0.15, -0.1) is 0 Å². The molecule has 0 radical (unpaired) electrons. The van der Waals surface area contributed by atoms with Gasteiger partial charge in [-0.25, -0.2) is 14.4 Å². The maximum absolute atomic E-state index is 14.8. The molecule has 4 atom stereocenters. The monoisotopic (exact) mass is 1060 g/mol. The molecule has 2 amide bonds. The molecule has 0 saturated carbocycles. The lowest BCUT2D eigenvalue weighted by atomic mass is 9.81. The highest BCUT2D eigenvalue weighted by molar-refractivity contribution is 8.14. The van der Waals surface area contributed by atoms with Crippen molar-refractivity contribution in [1.29, 1.82) is 0 Å². The number of hydrogen-bond donors (Lipinski definition) is 0. The van der Waals surface area contributed by atoms with E-state index >= 15 is 0 Å². The number of carbonyl (C=O) groups excluding carboxylic acids is 5. The number of amidine groups is 1. The Kier molecular flexibility index (Phi) is 20.1. The number of thioether (sulfide) groups is 1. The van der Waals surface area contributed by atoms with E-state index in [1.165, 1.54) is 79.7 Å². The second kappa shape index (κ2) is 25.7. The molecule has 0 N–H and O–H groups in total. The molecule has 0 unspecified atom stereocenters. The van der Waals surface area contributed by atoms with Crippen molar-refractivity contribution in [1.82, 2.24) is 9.80 Å². The maximum atomic E-state index is 14.8. The molecule has 2 aliphatic rings. The predicted molar refractivity (Wildman–Crippen MR) is 265 cm³/mol. The summed E-state index contributed by atoms with van der Waals surface area (Å²) in [5, 5.41) is 32.7. The van der Waals surface area contributed by atoms with E-state index in [-0.39, 0.29) is 42.1 Å².